The Morgan fingerprint density at radius 3 is 2.45 bits per heavy atom. The zero-order chi connectivity index (χ0) is 22.2. The Kier molecular flexibility index (Phi) is 6.47. The topological polar surface area (TPSA) is 101 Å². The molecule has 13 heteroatoms. The Bertz CT molecular complexity index is 991. The zero-order valence-corrected chi connectivity index (χ0v) is 17.8. The number of aromatic nitrogens is 2. The van der Waals surface area contributed by atoms with E-state index in [0.29, 0.717) is 4.48 Å². The molecule has 0 aliphatic carbocycles. The Balaban J connectivity index is 2.30. The fraction of sp³-hybridized carbons (Fsp3) is 0.500. The molecule has 2 aromatic rings. The van der Waals surface area contributed by atoms with Gasteiger partial charge in [-0.1, -0.05) is 0 Å². The maximum Gasteiger partial charge on any atom is 0.435 e. The molecule has 0 aromatic carbocycles. The average Bonchev–Trinajstić information content (AvgIpc) is 3.09. The standard InChI is InChI=1S/C16H21F3N4O4S2/c1-22-11(8-13(20-22)16(17,18)19)12-5-6-15(28-12)29(26,27)21-10(7-14(24)25)9-23(2,3)4/h5-6,8,10,21H,7,9H2,1-4H3/p+1/t10-/m1/s1. The van der Waals surface area contributed by atoms with Crippen LogP contribution in [0, 0.1) is 0 Å². The molecule has 29 heavy (non-hydrogen) atoms. The summed E-state index contributed by atoms with van der Waals surface area (Å²) in [6.45, 7) is 0.237. The number of hydrogen-bond acceptors (Lipinski definition) is 5. The van der Waals surface area contributed by atoms with Gasteiger partial charge >= 0.3 is 12.1 Å². The smallest absolute Gasteiger partial charge is 0.435 e. The SMILES string of the molecule is Cn1nc(C(F)(F)F)cc1-c1ccc(S(=O)(=O)N[C@H](CC(=O)O)C[N+](C)(C)C)s1. The van der Waals surface area contributed by atoms with E-state index in [9.17, 15) is 26.4 Å². The second-order valence-corrected chi connectivity index (χ2v) is 10.6. The van der Waals surface area contributed by atoms with Crippen LogP contribution in [0.3, 0.4) is 0 Å². The number of nitrogens with one attached hydrogen (secondary N) is 1. The van der Waals surface area contributed by atoms with Gasteiger partial charge in [0.1, 0.15) is 4.21 Å². The van der Waals surface area contributed by atoms with Crippen molar-refractivity contribution < 1.29 is 36.0 Å². The van der Waals surface area contributed by atoms with Crippen LogP contribution in [0.5, 0.6) is 0 Å². The van der Waals surface area contributed by atoms with Crippen LogP contribution in [0.25, 0.3) is 10.6 Å². The molecule has 0 radical (unpaired) electrons. The van der Waals surface area contributed by atoms with Crippen LogP contribution >= 0.6 is 11.3 Å². The molecule has 162 valence electrons. The number of aliphatic carboxylic acids is 1. The van der Waals surface area contributed by atoms with Crippen molar-refractivity contribution in [3.05, 3.63) is 23.9 Å². The lowest BCUT2D eigenvalue weighted by atomic mass is 10.2. The van der Waals surface area contributed by atoms with Crippen LogP contribution in [-0.4, -0.2) is 67.5 Å². The van der Waals surface area contributed by atoms with E-state index in [1.807, 2.05) is 0 Å². The molecule has 0 bridgehead atoms. The van der Waals surface area contributed by atoms with Crippen molar-refractivity contribution in [2.75, 3.05) is 27.7 Å². The first-order valence-electron chi connectivity index (χ1n) is 8.34. The minimum absolute atomic E-state index is 0.122. The van der Waals surface area contributed by atoms with E-state index in [-0.39, 0.29) is 21.3 Å². The third-order valence-corrected chi connectivity index (χ3v) is 6.90. The summed E-state index contributed by atoms with van der Waals surface area (Å²) < 4.78 is 67.6. The first-order chi connectivity index (χ1) is 13.1. The van der Waals surface area contributed by atoms with Crippen LogP contribution in [0.1, 0.15) is 12.1 Å². The van der Waals surface area contributed by atoms with Gasteiger partial charge in [-0.05, 0) is 18.2 Å². The highest BCUT2D eigenvalue weighted by Gasteiger charge is 2.35. The maximum atomic E-state index is 12.8. The molecule has 0 fully saturated rings. The number of aryl methyl sites for hydroxylation is 1. The Hall–Kier alpha value is -1.96. The molecule has 0 saturated heterocycles. The van der Waals surface area contributed by atoms with E-state index in [0.717, 1.165) is 22.1 Å². The minimum Gasteiger partial charge on any atom is -0.481 e. The van der Waals surface area contributed by atoms with Crippen LogP contribution in [-0.2, 0) is 28.0 Å². The lowest BCUT2D eigenvalue weighted by Crippen LogP contribution is -2.49. The lowest BCUT2D eigenvalue weighted by Gasteiger charge is -2.28. The summed E-state index contributed by atoms with van der Waals surface area (Å²) >= 11 is 0.779. The summed E-state index contributed by atoms with van der Waals surface area (Å²) in [6.07, 6.45) is -5.01. The van der Waals surface area contributed by atoms with Crippen LogP contribution in [0.2, 0.25) is 0 Å². The molecular weight excluding hydrogens is 433 g/mol. The van der Waals surface area contributed by atoms with Crippen molar-refractivity contribution in [1.82, 2.24) is 14.5 Å². The first kappa shape index (κ1) is 23.3. The van der Waals surface area contributed by atoms with Gasteiger partial charge in [-0.15, -0.1) is 11.3 Å². The number of carboxylic acids is 1. The number of alkyl halides is 3. The third kappa shape index (κ3) is 6.26. The Labute approximate surface area is 170 Å². The molecule has 0 spiro atoms. The molecule has 0 unspecified atom stereocenters. The van der Waals surface area contributed by atoms with E-state index >= 15 is 0 Å². The quantitative estimate of drug-likeness (QED) is 0.593. The summed E-state index contributed by atoms with van der Waals surface area (Å²) in [6, 6.07) is 2.66. The molecule has 8 nitrogen and oxygen atoms in total. The summed E-state index contributed by atoms with van der Waals surface area (Å²) in [4.78, 5) is 11.4. The van der Waals surface area contributed by atoms with Gasteiger partial charge in [0.2, 0.25) is 0 Å². The predicted molar refractivity (Wildman–Crippen MR) is 101 cm³/mol. The van der Waals surface area contributed by atoms with E-state index in [1.165, 1.54) is 19.2 Å². The summed E-state index contributed by atoms with van der Waals surface area (Å²) in [5.41, 5.74) is -0.951. The molecule has 1 atom stereocenters. The molecule has 0 saturated carbocycles. The van der Waals surface area contributed by atoms with Gasteiger partial charge in [-0.3, -0.25) is 9.48 Å². The van der Waals surface area contributed by atoms with Crippen molar-refractivity contribution in [3.8, 4) is 10.6 Å². The number of quaternary nitrogens is 1. The molecule has 2 aromatic heterocycles. The Morgan fingerprint density at radius 2 is 1.97 bits per heavy atom. The van der Waals surface area contributed by atoms with Crippen molar-refractivity contribution in [2.45, 2.75) is 22.8 Å². The number of nitrogens with zero attached hydrogens (tertiary/aromatic N) is 3. The summed E-state index contributed by atoms with van der Waals surface area (Å²) in [7, 11) is 2.67. The summed E-state index contributed by atoms with van der Waals surface area (Å²) in [5, 5.41) is 12.5. The van der Waals surface area contributed by atoms with Crippen LogP contribution in [0.4, 0.5) is 13.2 Å². The average molecular weight is 456 g/mol. The Morgan fingerprint density at radius 1 is 1.34 bits per heavy atom. The molecule has 0 amide bonds. The molecule has 0 aliphatic rings. The number of carboxylic acid groups (broad SMARTS) is 1. The van der Waals surface area contributed by atoms with Gasteiger partial charge < -0.3 is 9.59 Å². The molecule has 0 aliphatic heterocycles. The van der Waals surface area contributed by atoms with Crippen LogP contribution in [0.15, 0.2) is 22.4 Å². The fourth-order valence-electron chi connectivity index (χ4n) is 2.73. The maximum absolute atomic E-state index is 12.8. The molecule has 2 rings (SSSR count). The van der Waals surface area contributed by atoms with Gasteiger partial charge in [0.05, 0.1) is 50.7 Å². The van der Waals surface area contributed by atoms with Crippen molar-refractivity contribution in [3.63, 3.8) is 0 Å². The van der Waals surface area contributed by atoms with E-state index in [2.05, 4.69) is 9.82 Å². The molecular formula is C16H22F3N4O4S2+. The van der Waals surface area contributed by atoms with Gasteiger partial charge in [0.25, 0.3) is 10.0 Å². The van der Waals surface area contributed by atoms with Gasteiger partial charge in [-0.2, -0.15) is 18.3 Å². The number of sulfonamides is 1. The molecule has 2 heterocycles. The predicted octanol–water partition coefficient (Wildman–Crippen LogP) is 2.00. The van der Waals surface area contributed by atoms with Gasteiger partial charge in [0, 0.05) is 7.05 Å². The zero-order valence-electron chi connectivity index (χ0n) is 16.2. The second-order valence-electron chi connectivity index (χ2n) is 7.54. The molecule has 2 N–H and O–H groups in total. The highest BCUT2D eigenvalue weighted by molar-refractivity contribution is 7.91. The third-order valence-electron chi connectivity index (χ3n) is 3.78. The lowest BCUT2D eigenvalue weighted by molar-refractivity contribution is -0.871. The number of hydrogen-bond donors (Lipinski definition) is 2. The number of rotatable bonds is 8. The van der Waals surface area contributed by atoms with E-state index < -0.39 is 40.3 Å². The number of carbonyl (C=O) groups is 1. The second kappa shape index (κ2) is 8.05. The largest absolute Gasteiger partial charge is 0.481 e. The first-order valence-corrected chi connectivity index (χ1v) is 10.6. The minimum atomic E-state index is -4.61. The van der Waals surface area contributed by atoms with Gasteiger partial charge in [0.15, 0.2) is 5.69 Å². The van der Waals surface area contributed by atoms with Crippen molar-refractivity contribution in [1.29, 1.82) is 0 Å². The highest BCUT2D eigenvalue weighted by atomic mass is 32.2. The summed E-state index contributed by atoms with van der Waals surface area (Å²) in [5.74, 6) is -1.15. The van der Waals surface area contributed by atoms with Crippen LogP contribution < -0.4 is 4.72 Å². The van der Waals surface area contributed by atoms with Gasteiger partial charge in [-0.25, -0.2) is 13.1 Å². The van der Waals surface area contributed by atoms with E-state index in [1.54, 1.807) is 21.1 Å². The fourth-order valence-corrected chi connectivity index (χ4v) is 5.33. The van der Waals surface area contributed by atoms with E-state index in [4.69, 9.17) is 5.11 Å². The normalized spacial score (nSPS) is 14.2. The van der Waals surface area contributed by atoms with Crippen molar-refractivity contribution in [2.24, 2.45) is 7.05 Å². The van der Waals surface area contributed by atoms with Crippen molar-refractivity contribution >= 4 is 27.3 Å². The number of likely N-dealkylation sites (N-methyl/N-ethyl adjacent to an activating group) is 1. The monoisotopic (exact) mass is 455 g/mol. The number of thiophene rings is 1. The number of halogens is 3. The highest BCUT2D eigenvalue weighted by Crippen LogP contribution is 2.35.